The van der Waals surface area contributed by atoms with Crippen LogP contribution >= 0.6 is 0 Å². The Kier molecular flexibility index (Phi) is 5.14. The topological polar surface area (TPSA) is 20.2 Å². The van der Waals surface area contributed by atoms with E-state index < -0.39 is 5.60 Å². The van der Waals surface area contributed by atoms with Crippen molar-refractivity contribution in [2.24, 2.45) is 0 Å². The summed E-state index contributed by atoms with van der Waals surface area (Å²) in [4.78, 5) is 0. The number of hydrogen-bond donors (Lipinski definition) is 1. The summed E-state index contributed by atoms with van der Waals surface area (Å²) in [5.74, 6) is 6.04. The van der Waals surface area contributed by atoms with E-state index in [0.717, 1.165) is 22.3 Å². The highest BCUT2D eigenvalue weighted by atomic mass is 16.3. The Morgan fingerprint density at radius 2 is 1.40 bits per heavy atom. The summed E-state index contributed by atoms with van der Waals surface area (Å²) in [5.41, 5.74) is 2.21. The van der Waals surface area contributed by atoms with Crippen LogP contribution in [0.3, 0.4) is 0 Å². The minimum atomic E-state index is -1.25. The summed E-state index contributed by atoms with van der Waals surface area (Å²) < 4.78 is 0. The summed E-state index contributed by atoms with van der Waals surface area (Å²) in [6, 6.07) is 27.4. The molecule has 0 radical (unpaired) electrons. The summed E-state index contributed by atoms with van der Waals surface area (Å²) in [7, 11) is 0. The van der Waals surface area contributed by atoms with Gasteiger partial charge in [-0.25, -0.2) is 0 Å². The highest BCUT2D eigenvalue weighted by molar-refractivity contribution is 5.57. The van der Waals surface area contributed by atoms with Crippen molar-refractivity contribution >= 4 is 6.08 Å². The molecule has 1 N–H and O–H groups in total. The number of aliphatic hydroxyl groups is 1. The summed E-state index contributed by atoms with van der Waals surface area (Å²) in [5, 5.41) is 11.7. The van der Waals surface area contributed by atoms with Crippen molar-refractivity contribution in [2.45, 2.75) is 12.5 Å². The second-order valence-corrected chi connectivity index (χ2v) is 5.80. The van der Waals surface area contributed by atoms with E-state index in [0.29, 0.717) is 0 Å². The monoisotopic (exact) mass is 324 g/mol. The van der Waals surface area contributed by atoms with Crippen molar-refractivity contribution < 1.29 is 5.11 Å². The van der Waals surface area contributed by atoms with Crippen molar-refractivity contribution in [1.29, 1.82) is 0 Å². The zero-order valence-corrected chi connectivity index (χ0v) is 14.2. The molecule has 3 aromatic carbocycles. The lowest BCUT2D eigenvalue weighted by Crippen LogP contribution is -2.25. The van der Waals surface area contributed by atoms with Gasteiger partial charge >= 0.3 is 0 Å². The molecule has 1 atom stereocenters. The Hall–Kier alpha value is -3.08. The van der Waals surface area contributed by atoms with Gasteiger partial charge in [-0.1, -0.05) is 90.9 Å². The first-order valence-electron chi connectivity index (χ1n) is 8.28. The van der Waals surface area contributed by atoms with Gasteiger partial charge in [0.1, 0.15) is 5.60 Å². The number of benzene rings is 3. The molecule has 0 spiro atoms. The van der Waals surface area contributed by atoms with E-state index in [9.17, 15) is 5.11 Å². The van der Waals surface area contributed by atoms with Crippen LogP contribution in [-0.4, -0.2) is 5.11 Å². The number of rotatable bonds is 4. The lowest BCUT2D eigenvalue weighted by Gasteiger charge is -2.27. The van der Waals surface area contributed by atoms with Crippen LogP contribution in [0.1, 0.15) is 29.2 Å². The molecule has 0 aliphatic heterocycles. The van der Waals surface area contributed by atoms with E-state index in [4.69, 9.17) is 0 Å². The molecular weight excluding hydrogens is 304 g/mol. The molecular formula is C24H20O. The lowest BCUT2D eigenvalue weighted by molar-refractivity contribution is 0.135. The van der Waals surface area contributed by atoms with Crippen LogP contribution < -0.4 is 0 Å². The highest BCUT2D eigenvalue weighted by Crippen LogP contribution is 2.33. The Balaban J connectivity index is 2.16. The summed E-state index contributed by atoms with van der Waals surface area (Å²) >= 11 is 0. The fourth-order valence-electron chi connectivity index (χ4n) is 2.87. The first kappa shape index (κ1) is 16.8. The van der Waals surface area contributed by atoms with Gasteiger partial charge in [0.05, 0.1) is 0 Å². The predicted octanol–water partition coefficient (Wildman–Crippen LogP) is 5.01. The molecule has 3 rings (SSSR count). The zero-order valence-electron chi connectivity index (χ0n) is 14.2. The van der Waals surface area contributed by atoms with Crippen LogP contribution in [0.2, 0.25) is 0 Å². The maximum atomic E-state index is 11.7. The molecule has 1 unspecified atom stereocenters. The first-order valence-corrected chi connectivity index (χ1v) is 8.28. The Labute approximate surface area is 149 Å². The minimum absolute atomic E-state index is 0.780. The standard InChI is InChI=1S/C24H20O/c1-2-11-21-14-9-10-17-23(21)24(25,22-15-7-4-8-16-22)19-18-20-12-5-3-6-13-20/h3-10,12-19,25H,1H3. The second kappa shape index (κ2) is 7.66. The van der Waals surface area contributed by atoms with E-state index in [-0.39, 0.29) is 0 Å². The zero-order chi connectivity index (χ0) is 17.5. The maximum Gasteiger partial charge on any atom is 0.135 e. The van der Waals surface area contributed by atoms with Crippen LogP contribution in [0.15, 0.2) is 91.0 Å². The Morgan fingerprint density at radius 1 is 0.800 bits per heavy atom. The van der Waals surface area contributed by atoms with Crippen LogP contribution in [0.25, 0.3) is 6.08 Å². The fraction of sp³-hybridized carbons (Fsp3) is 0.0833. The molecule has 0 heterocycles. The molecule has 0 bridgehead atoms. The second-order valence-electron chi connectivity index (χ2n) is 5.80. The first-order chi connectivity index (χ1) is 12.2. The number of hydrogen-bond acceptors (Lipinski definition) is 1. The molecule has 0 fully saturated rings. The molecule has 0 aliphatic carbocycles. The largest absolute Gasteiger partial charge is 0.377 e. The van der Waals surface area contributed by atoms with Gasteiger partial charge in [0.15, 0.2) is 0 Å². The summed E-state index contributed by atoms with van der Waals surface area (Å²) in [6.07, 6.45) is 3.79. The molecule has 0 amide bonds. The summed E-state index contributed by atoms with van der Waals surface area (Å²) in [6.45, 7) is 1.80. The molecule has 0 aliphatic rings. The van der Waals surface area contributed by atoms with Crippen molar-refractivity contribution in [3.05, 3.63) is 113 Å². The van der Waals surface area contributed by atoms with Crippen molar-refractivity contribution in [1.82, 2.24) is 0 Å². The van der Waals surface area contributed by atoms with Gasteiger partial charge in [-0.3, -0.25) is 0 Å². The lowest BCUT2D eigenvalue weighted by atomic mass is 9.83. The minimum Gasteiger partial charge on any atom is -0.377 e. The molecule has 1 heteroatoms. The molecule has 3 aromatic rings. The van der Waals surface area contributed by atoms with Gasteiger partial charge in [-0.15, -0.1) is 5.92 Å². The van der Waals surface area contributed by atoms with Gasteiger partial charge in [0.25, 0.3) is 0 Å². The van der Waals surface area contributed by atoms with Crippen LogP contribution in [-0.2, 0) is 5.60 Å². The third-order valence-electron chi connectivity index (χ3n) is 4.13. The fourth-order valence-corrected chi connectivity index (χ4v) is 2.87. The maximum absolute atomic E-state index is 11.7. The van der Waals surface area contributed by atoms with Gasteiger partial charge in [0.2, 0.25) is 0 Å². The molecule has 0 saturated carbocycles. The van der Waals surface area contributed by atoms with E-state index in [1.807, 2.05) is 97.1 Å². The molecule has 0 aromatic heterocycles. The van der Waals surface area contributed by atoms with E-state index >= 15 is 0 Å². The van der Waals surface area contributed by atoms with Gasteiger partial charge in [-0.05, 0) is 30.2 Å². The van der Waals surface area contributed by atoms with E-state index in [2.05, 4.69) is 11.8 Å². The quantitative estimate of drug-likeness (QED) is 0.669. The third-order valence-corrected chi connectivity index (χ3v) is 4.13. The van der Waals surface area contributed by atoms with Crippen LogP contribution in [0.5, 0.6) is 0 Å². The van der Waals surface area contributed by atoms with E-state index in [1.54, 1.807) is 6.92 Å². The average Bonchev–Trinajstić information content (AvgIpc) is 2.68. The smallest absolute Gasteiger partial charge is 0.135 e. The van der Waals surface area contributed by atoms with Crippen molar-refractivity contribution in [3.63, 3.8) is 0 Å². The molecule has 0 saturated heterocycles. The van der Waals surface area contributed by atoms with Gasteiger partial charge in [0, 0.05) is 11.1 Å². The predicted molar refractivity (Wildman–Crippen MR) is 104 cm³/mol. The SMILES string of the molecule is CC#Cc1ccccc1C(O)(C=Cc1ccccc1)c1ccccc1. The molecule has 25 heavy (non-hydrogen) atoms. The van der Waals surface area contributed by atoms with Crippen LogP contribution in [0, 0.1) is 11.8 Å². The highest BCUT2D eigenvalue weighted by Gasteiger charge is 2.30. The van der Waals surface area contributed by atoms with Gasteiger partial charge in [-0.2, -0.15) is 0 Å². The third kappa shape index (κ3) is 3.71. The molecule has 1 nitrogen and oxygen atoms in total. The van der Waals surface area contributed by atoms with Crippen molar-refractivity contribution in [3.8, 4) is 11.8 Å². The Morgan fingerprint density at radius 3 is 2.08 bits per heavy atom. The van der Waals surface area contributed by atoms with Crippen molar-refractivity contribution in [2.75, 3.05) is 0 Å². The van der Waals surface area contributed by atoms with Crippen LogP contribution in [0.4, 0.5) is 0 Å². The normalized spacial score (nSPS) is 13.0. The Bertz CT molecular complexity index is 914. The molecule has 122 valence electrons. The van der Waals surface area contributed by atoms with E-state index in [1.165, 1.54) is 0 Å². The average molecular weight is 324 g/mol. The van der Waals surface area contributed by atoms with Gasteiger partial charge < -0.3 is 5.11 Å².